The second kappa shape index (κ2) is 8.11. The molecule has 1 N–H and O–H groups in total. The van der Waals surface area contributed by atoms with Crippen LogP contribution in [0.5, 0.6) is 0 Å². The van der Waals surface area contributed by atoms with E-state index in [-0.39, 0.29) is 0 Å². The lowest BCUT2D eigenvalue weighted by atomic mass is 9.90. The van der Waals surface area contributed by atoms with Gasteiger partial charge in [0.1, 0.15) is 0 Å². The van der Waals surface area contributed by atoms with Crippen LogP contribution >= 0.6 is 0 Å². The second-order valence-corrected chi connectivity index (χ2v) is 6.00. The molecule has 0 aromatic carbocycles. The topological polar surface area (TPSA) is 12.0 Å². The van der Waals surface area contributed by atoms with Crippen LogP contribution in [0.25, 0.3) is 0 Å². The first-order valence-electron chi connectivity index (χ1n) is 7.44. The third kappa shape index (κ3) is 5.34. The lowest BCUT2D eigenvalue weighted by Crippen LogP contribution is -2.28. The van der Waals surface area contributed by atoms with E-state index < -0.39 is 0 Å². The molecule has 0 amide bonds. The minimum absolute atomic E-state index is 0.792. The highest BCUT2D eigenvalue weighted by molar-refractivity contribution is 4.79. The minimum atomic E-state index is 0.792. The van der Waals surface area contributed by atoms with Gasteiger partial charge in [-0.3, -0.25) is 0 Å². The van der Waals surface area contributed by atoms with Gasteiger partial charge in [-0.25, -0.2) is 0 Å². The van der Waals surface area contributed by atoms with Crippen LogP contribution in [0.4, 0.5) is 0 Å². The lowest BCUT2D eigenvalue weighted by molar-refractivity contribution is 0.332. The first-order valence-corrected chi connectivity index (χ1v) is 7.44. The first-order chi connectivity index (χ1) is 7.74. The molecular formula is C15H31N. The predicted molar refractivity (Wildman–Crippen MR) is 72.7 cm³/mol. The summed E-state index contributed by atoms with van der Waals surface area (Å²) >= 11 is 0. The average molecular weight is 225 g/mol. The normalized spacial score (nSPS) is 25.5. The van der Waals surface area contributed by atoms with Crippen LogP contribution < -0.4 is 5.32 Å². The maximum atomic E-state index is 3.65. The van der Waals surface area contributed by atoms with Crippen molar-refractivity contribution in [3.63, 3.8) is 0 Å². The van der Waals surface area contributed by atoms with E-state index in [9.17, 15) is 0 Å². The maximum Gasteiger partial charge on any atom is -0.00178 e. The molecule has 0 radical (unpaired) electrons. The average Bonchev–Trinajstić information content (AvgIpc) is 2.66. The Morgan fingerprint density at radius 3 is 2.56 bits per heavy atom. The Hall–Kier alpha value is -0.0400. The number of unbranched alkanes of at least 4 members (excludes halogenated alkanes) is 2. The minimum Gasteiger partial charge on any atom is -0.316 e. The van der Waals surface area contributed by atoms with Crippen molar-refractivity contribution in [2.24, 2.45) is 17.8 Å². The highest BCUT2D eigenvalue weighted by Gasteiger charge is 2.25. The SMILES string of the molecule is CCCCCC1CCCC1CNCC(C)C. The standard InChI is InChI=1S/C15H31N/c1-4-5-6-8-14-9-7-10-15(14)12-16-11-13(2)3/h13-16H,4-12H2,1-3H3. The summed E-state index contributed by atoms with van der Waals surface area (Å²) in [5.74, 6) is 2.81. The summed E-state index contributed by atoms with van der Waals surface area (Å²) in [6, 6.07) is 0. The van der Waals surface area contributed by atoms with Crippen LogP contribution in [0.15, 0.2) is 0 Å². The molecule has 1 rings (SSSR count). The second-order valence-electron chi connectivity index (χ2n) is 6.00. The highest BCUT2D eigenvalue weighted by atomic mass is 14.9. The summed E-state index contributed by atoms with van der Waals surface area (Å²) in [5.41, 5.74) is 0. The molecule has 1 heteroatoms. The van der Waals surface area contributed by atoms with Gasteiger partial charge in [0.25, 0.3) is 0 Å². The molecule has 0 aromatic heterocycles. The van der Waals surface area contributed by atoms with Gasteiger partial charge >= 0.3 is 0 Å². The van der Waals surface area contributed by atoms with E-state index in [0.29, 0.717) is 0 Å². The fourth-order valence-electron chi connectivity index (χ4n) is 2.98. The zero-order valence-electron chi connectivity index (χ0n) is 11.6. The molecule has 16 heavy (non-hydrogen) atoms. The predicted octanol–water partition coefficient (Wildman–Crippen LogP) is 4.23. The van der Waals surface area contributed by atoms with Gasteiger partial charge in [0.2, 0.25) is 0 Å². The highest BCUT2D eigenvalue weighted by Crippen LogP contribution is 2.34. The molecule has 1 saturated carbocycles. The van der Waals surface area contributed by atoms with Crippen LogP contribution in [0, 0.1) is 17.8 Å². The molecule has 0 aliphatic heterocycles. The van der Waals surface area contributed by atoms with Gasteiger partial charge in [-0.05, 0) is 37.3 Å². The molecule has 0 saturated heterocycles. The Balaban J connectivity index is 2.13. The monoisotopic (exact) mass is 225 g/mol. The summed E-state index contributed by atoms with van der Waals surface area (Å²) < 4.78 is 0. The van der Waals surface area contributed by atoms with Crippen molar-refractivity contribution in [3.8, 4) is 0 Å². The Labute approximate surface area is 102 Å². The Kier molecular flexibility index (Phi) is 7.11. The van der Waals surface area contributed by atoms with Crippen LogP contribution in [0.2, 0.25) is 0 Å². The number of rotatable bonds is 8. The summed E-state index contributed by atoms with van der Waals surface area (Å²) in [7, 11) is 0. The summed E-state index contributed by atoms with van der Waals surface area (Å²) in [5, 5.41) is 3.65. The van der Waals surface area contributed by atoms with Gasteiger partial charge in [0.05, 0.1) is 0 Å². The lowest BCUT2D eigenvalue weighted by Gasteiger charge is -2.20. The molecule has 96 valence electrons. The van der Waals surface area contributed by atoms with Crippen LogP contribution in [-0.2, 0) is 0 Å². The van der Waals surface area contributed by atoms with Crippen molar-refractivity contribution in [2.45, 2.75) is 65.7 Å². The number of nitrogens with one attached hydrogen (secondary N) is 1. The molecule has 1 nitrogen and oxygen atoms in total. The quantitative estimate of drug-likeness (QED) is 0.610. The van der Waals surface area contributed by atoms with Gasteiger partial charge in [-0.1, -0.05) is 59.3 Å². The fraction of sp³-hybridized carbons (Fsp3) is 1.00. The van der Waals surface area contributed by atoms with E-state index in [1.165, 1.54) is 58.0 Å². The number of hydrogen-bond acceptors (Lipinski definition) is 1. The van der Waals surface area contributed by atoms with Gasteiger partial charge in [0.15, 0.2) is 0 Å². The smallest absolute Gasteiger partial charge is 0.00178 e. The van der Waals surface area contributed by atoms with Crippen molar-refractivity contribution < 1.29 is 0 Å². The van der Waals surface area contributed by atoms with Crippen LogP contribution in [0.1, 0.15) is 65.7 Å². The largest absolute Gasteiger partial charge is 0.316 e. The van der Waals surface area contributed by atoms with Crippen molar-refractivity contribution in [1.82, 2.24) is 5.32 Å². The Morgan fingerprint density at radius 1 is 1.12 bits per heavy atom. The fourth-order valence-corrected chi connectivity index (χ4v) is 2.98. The Bertz CT molecular complexity index is 165. The van der Waals surface area contributed by atoms with Gasteiger partial charge < -0.3 is 5.32 Å². The zero-order chi connectivity index (χ0) is 11.8. The molecule has 0 heterocycles. The van der Waals surface area contributed by atoms with Crippen molar-refractivity contribution in [2.75, 3.05) is 13.1 Å². The molecule has 1 aliphatic rings. The molecular weight excluding hydrogens is 194 g/mol. The van der Waals surface area contributed by atoms with Gasteiger partial charge in [-0.15, -0.1) is 0 Å². The van der Waals surface area contributed by atoms with Crippen molar-refractivity contribution >= 4 is 0 Å². The summed E-state index contributed by atoms with van der Waals surface area (Å²) in [4.78, 5) is 0. The van der Waals surface area contributed by atoms with E-state index in [1.54, 1.807) is 0 Å². The maximum absolute atomic E-state index is 3.65. The van der Waals surface area contributed by atoms with E-state index >= 15 is 0 Å². The van der Waals surface area contributed by atoms with Crippen LogP contribution in [0.3, 0.4) is 0 Å². The molecule has 0 aromatic rings. The van der Waals surface area contributed by atoms with Crippen molar-refractivity contribution in [3.05, 3.63) is 0 Å². The number of hydrogen-bond donors (Lipinski definition) is 1. The summed E-state index contributed by atoms with van der Waals surface area (Å²) in [6.07, 6.45) is 10.2. The van der Waals surface area contributed by atoms with Gasteiger partial charge in [-0.2, -0.15) is 0 Å². The Morgan fingerprint density at radius 2 is 1.88 bits per heavy atom. The van der Waals surface area contributed by atoms with E-state index in [2.05, 4.69) is 26.1 Å². The summed E-state index contributed by atoms with van der Waals surface area (Å²) in [6.45, 7) is 9.35. The molecule has 0 bridgehead atoms. The molecule has 1 fully saturated rings. The van der Waals surface area contributed by atoms with E-state index in [0.717, 1.165) is 17.8 Å². The zero-order valence-corrected chi connectivity index (χ0v) is 11.6. The third-order valence-electron chi connectivity index (χ3n) is 3.95. The molecule has 2 unspecified atom stereocenters. The van der Waals surface area contributed by atoms with Crippen molar-refractivity contribution in [1.29, 1.82) is 0 Å². The molecule has 0 spiro atoms. The van der Waals surface area contributed by atoms with Gasteiger partial charge in [0, 0.05) is 0 Å². The molecule has 2 atom stereocenters. The van der Waals surface area contributed by atoms with Crippen LogP contribution in [-0.4, -0.2) is 13.1 Å². The van der Waals surface area contributed by atoms with E-state index in [4.69, 9.17) is 0 Å². The third-order valence-corrected chi connectivity index (χ3v) is 3.95. The molecule has 1 aliphatic carbocycles. The van der Waals surface area contributed by atoms with E-state index in [1.807, 2.05) is 0 Å². The first kappa shape index (κ1) is 14.0.